The molecule has 6 nitrogen and oxygen atoms in total. The average Bonchev–Trinajstić information content (AvgIpc) is 3.14. The highest BCUT2D eigenvalue weighted by Gasteiger charge is 2.23. The SMILES string of the molecule is Cc1c(Cl)cccc1N1CCN(CCCN(C)C(=O)c2nc(C)n(-c3ccccc3Cl)c2C)CC1. The summed E-state index contributed by atoms with van der Waals surface area (Å²) in [5.74, 6) is 0.692. The van der Waals surface area contributed by atoms with Gasteiger partial charge in [-0.1, -0.05) is 41.4 Å². The number of nitrogens with zero attached hydrogens (tertiary/aromatic N) is 5. The predicted octanol–water partition coefficient (Wildman–Crippen LogP) is 5.39. The zero-order chi connectivity index (χ0) is 25.1. The molecule has 0 N–H and O–H groups in total. The van der Waals surface area contributed by atoms with Crippen LogP contribution in [0, 0.1) is 20.8 Å². The standard InChI is InChI=1S/C27H33Cl2N5O/c1-19-22(28)10-7-12-24(19)33-17-15-32(16-18-33)14-8-13-31(4)27(35)26-20(2)34(21(3)30-26)25-11-6-5-9-23(25)29/h5-7,9-12H,8,13-18H2,1-4H3. The van der Waals surface area contributed by atoms with Crippen molar-refractivity contribution in [2.75, 3.05) is 51.2 Å². The smallest absolute Gasteiger partial charge is 0.274 e. The van der Waals surface area contributed by atoms with Crippen LogP contribution in [-0.2, 0) is 0 Å². The van der Waals surface area contributed by atoms with Crippen molar-refractivity contribution in [1.82, 2.24) is 19.4 Å². The van der Waals surface area contributed by atoms with Gasteiger partial charge in [-0.25, -0.2) is 4.98 Å². The molecule has 8 heteroatoms. The number of aromatic nitrogens is 2. The number of imidazole rings is 1. The monoisotopic (exact) mass is 513 g/mol. The van der Waals surface area contributed by atoms with E-state index in [4.69, 9.17) is 23.2 Å². The predicted molar refractivity (Wildman–Crippen MR) is 144 cm³/mol. The summed E-state index contributed by atoms with van der Waals surface area (Å²) >= 11 is 12.7. The molecule has 0 saturated carbocycles. The highest BCUT2D eigenvalue weighted by Crippen LogP contribution is 2.27. The van der Waals surface area contributed by atoms with Gasteiger partial charge in [0.1, 0.15) is 11.5 Å². The molecule has 1 amide bonds. The molecule has 0 bridgehead atoms. The van der Waals surface area contributed by atoms with E-state index < -0.39 is 0 Å². The maximum Gasteiger partial charge on any atom is 0.274 e. The van der Waals surface area contributed by atoms with Crippen LogP contribution in [0.25, 0.3) is 5.69 Å². The molecule has 0 atom stereocenters. The Morgan fingerprint density at radius 1 is 0.943 bits per heavy atom. The molecule has 2 aromatic carbocycles. The second kappa shape index (κ2) is 11.0. The topological polar surface area (TPSA) is 44.6 Å². The van der Waals surface area contributed by atoms with Gasteiger partial charge in [-0.05, 0) is 63.6 Å². The number of amides is 1. The molecule has 0 aliphatic carbocycles. The van der Waals surface area contributed by atoms with Crippen LogP contribution in [0.3, 0.4) is 0 Å². The Morgan fingerprint density at radius 2 is 1.60 bits per heavy atom. The summed E-state index contributed by atoms with van der Waals surface area (Å²) < 4.78 is 1.95. The van der Waals surface area contributed by atoms with Gasteiger partial charge < -0.3 is 9.80 Å². The summed E-state index contributed by atoms with van der Waals surface area (Å²) in [6.45, 7) is 11.5. The summed E-state index contributed by atoms with van der Waals surface area (Å²) in [6, 6.07) is 13.7. The zero-order valence-electron chi connectivity index (χ0n) is 20.9. The van der Waals surface area contributed by atoms with Crippen molar-refractivity contribution in [3.8, 4) is 5.69 Å². The van der Waals surface area contributed by atoms with Gasteiger partial charge in [-0.15, -0.1) is 0 Å². The van der Waals surface area contributed by atoms with Crippen molar-refractivity contribution < 1.29 is 4.79 Å². The van der Waals surface area contributed by atoms with Crippen LogP contribution in [0.4, 0.5) is 5.69 Å². The van der Waals surface area contributed by atoms with E-state index in [-0.39, 0.29) is 5.91 Å². The molecule has 0 unspecified atom stereocenters. The Kier molecular flexibility index (Phi) is 8.05. The number of piperazine rings is 1. The molecule has 1 fully saturated rings. The van der Waals surface area contributed by atoms with E-state index in [1.165, 1.54) is 5.69 Å². The fourth-order valence-corrected chi connectivity index (χ4v) is 5.19. The normalized spacial score (nSPS) is 14.4. The van der Waals surface area contributed by atoms with E-state index >= 15 is 0 Å². The van der Waals surface area contributed by atoms with E-state index in [9.17, 15) is 4.79 Å². The minimum atomic E-state index is -0.0577. The first kappa shape index (κ1) is 25.5. The molecule has 1 aliphatic rings. The lowest BCUT2D eigenvalue weighted by Crippen LogP contribution is -2.47. The highest BCUT2D eigenvalue weighted by atomic mass is 35.5. The minimum Gasteiger partial charge on any atom is -0.369 e. The molecule has 0 radical (unpaired) electrons. The number of halogens is 2. The molecule has 1 saturated heterocycles. The number of para-hydroxylation sites is 1. The zero-order valence-corrected chi connectivity index (χ0v) is 22.4. The lowest BCUT2D eigenvalue weighted by Gasteiger charge is -2.37. The molecule has 35 heavy (non-hydrogen) atoms. The fraction of sp³-hybridized carbons (Fsp3) is 0.407. The third kappa shape index (κ3) is 5.50. The number of benzene rings is 2. The van der Waals surface area contributed by atoms with Gasteiger partial charge in [0.15, 0.2) is 0 Å². The number of hydrogen-bond donors (Lipinski definition) is 0. The van der Waals surface area contributed by atoms with Crippen LogP contribution in [0.1, 0.15) is 34.0 Å². The maximum absolute atomic E-state index is 13.2. The summed E-state index contributed by atoms with van der Waals surface area (Å²) in [4.78, 5) is 24.4. The van der Waals surface area contributed by atoms with E-state index in [0.29, 0.717) is 17.3 Å². The largest absolute Gasteiger partial charge is 0.369 e. The van der Waals surface area contributed by atoms with Gasteiger partial charge in [-0.2, -0.15) is 0 Å². The molecule has 3 aromatic rings. The Bertz CT molecular complexity index is 1200. The molecule has 186 valence electrons. The van der Waals surface area contributed by atoms with E-state index in [1.54, 1.807) is 4.90 Å². The Hall–Kier alpha value is -2.54. The van der Waals surface area contributed by atoms with Gasteiger partial charge in [0.2, 0.25) is 0 Å². The first-order valence-corrected chi connectivity index (χ1v) is 12.8. The fourth-order valence-electron chi connectivity index (χ4n) is 4.80. The quantitative estimate of drug-likeness (QED) is 0.424. The Morgan fingerprint density at radius 3 is 2.31 bits per heavy atom. The number of carbonyl (C=O) groups is 1. The van der Waals surface area contributed by atoms with Crippen LogP contribution in [0.5, 0.6) is 0 Å². The van der Waals surface area contributed by atoms with Gasteiger partial charge in [0.05, 0.1) is 16.4 Å². The van der Waals surface area contributed by atoms with Crippen molar-refractivity contribution in [2.45, 2.75) is 27.2 Å². The number of hydrogen-bond acceptors (Lipinski definition) is 4. The van der Waals surface area contributed by atoms with Crippen LogP contribution in [0.2, 0.25) is 10.0 Å². The van der Waals surface area contributed by atoms with Crippen molar-refractivity contribution in [1.29, 1.82) is 0 Å². The highest BCUT2D eigenvalue weighted by molar-refractivity contribution is 6.32. The lowest BCUT2D eigenvalue weighted by molar-refractivity contribution is 0.0782. The third-order valence-corrected chi connectivity index (χ3v) is 7.57. The summed E-state index contributed by atoms with van der Waals surface area (Å²) in [7, 11) is 1.85. The molecular formula is C27H33Cl2N5O. The number of carbonyl (C=O) groups excluding carboxylic acids is 1. The van der Waals surface area contributed by atoms with Crippen LogP contribution >= 0.6 is 23.2 Å². The number of aryl methyl sites for hydroxylation is 1. The Labute approximate surface area is 218 Å². The van der Waals surface area contributed by atoms with Crippen molar-refractivity contribution in [3.05, 3.63) is 75.3 Å². The summed E-state index contributed by atoms with van der Waals surface area (Å²) in [6.07, 6.45) is 0.918. The molecule has 2 heterocycles. The van der Waals surface area contributed by atoms with Crippen LogP contribution in [0.15, 0.2) is 42.5 Å². The lowest BCUT2D eigenvalue weighted by atomic mass is 10.1. The molecule has 1 aromatic heterocycles. The summed E-state index contributed by atoms with van der Waals surface area (Å²) in [5.41, 5.74) is 4.50. The average molecular weight is 515 g/mol. The minimum absolute atomic E-state index is 0.0577. The molecule has 1 aliphatic heterocycles. The summed E-state index contributed by atoms with van der Waals surface area (Å²) in [5, 5.41) is 1.45. The number of anilines is 1. The second-order valence-electron chi connectivity index (χ2n) is 9.17. The van der Waals surface area contributed by atoms with Gasteiger partial charge in [0.25, 0.3) is 5.91 Å². The van der Waals surface area contributed by atoms with E-state index in [1.807, 2.05) is 61.9 Å². The first-order valence-electron chi connectivity index (χ1n) is 12.1. The van der Waals surface area contributed by atoms with Crippen molar-refractivity contribution in [3.63, 3.8) is 0 Å². The van der Waals surface area contributed by atoms with Gasteiger partial charge >= 0.3 is 0 Å². The van der Waals surface area contributed by atoms with Crippen LogP contribution < -0.4 is 4.90 Å². The van der Waals surface area contributed by atoms with Gasteiger partial charge in [0, 0.05) is 50.5 Å². The van der Waals surface area contributed by atoms with Crippen molar-refractivity contribution in [2.24, 2.45) is 0 Å². The maximum atomic E-state index is 13.2. The van der Waals surface area contributed by atoms with Crippen molar-refractivity contribution >= 4 is 34.8 Å². The third-order valence-electron chi connectivity index (χ3n) is 6.84. The molecule has 0 spiro atoms. The van der Waals surface area contributed by atoms with E-state index in [0.717, 1.165) is 66.9 Å². The first-order chi connectivity index (χ1) is 16.8. The molecule has 4 rings (SSSR count). The van der Waals surface area contributed by atoms with E-state index in [2.05, 4.69) is 27.8 Å². The Balaban J connectivity index is 1.30. The number of rotatable bonds is 7. The second-order valence-corrected chi connectivity index (χ2v) is 9.99. The molecular weight excluding hydrogens is 481 g/mol. The van der Waals surface area contributed by atoms with Gasteiger partial charge in [-0.3, -0.25) is 14.3 Å². The van der Waals surface area contributed by atoms with Crippen LogP contribution in [-0.4, -0.2) is 71.6 Å².